The number of hydrogen-bond acceptors (Lipinski definition) is 2. The second-order valence-corrected chi connectivity index (χ2v) is 14.5. The van der Waals surface area contributed by atoms with E-state index in [9.17, 15) is 0 Å². The van der Waals surface area contributed by atoms with Gasteiger partial charge >= 0.3 is 13.7 Å². The minimum absolute atomic E-state index is 0.00345. The van der Waals surface area contributed by atoms with E-state index in [4.69, 9.17) is 0 Å². The largest absolute Gasteiger partial charge is 0.382 e. The van der Waals surface area contributed by atoms with E-state index in [0.29, 0.717) is 0 Å². The summed E-state index contributed by atoms with van der Waals surface area (Å²) in [7, 11) is 0. The highest BCUT2D eigenvalue weighted by molar-refractivity contribution is 6.93. The number of rotatable bonds is 2. The first kappa shape index (κ1) is 27.1. The van der Waals surface area contributed by atoms with E-state index in [0.717, 1.165) is 11.4 Å². The van der Waals surface area contributed by atoms with E-state index in [2.05, 4.69) is 189 Å². The molecule has 52 heavy (non-hydrogen) atoms. The Morgan fingerprint density at radius 3 is 1.25 bits per heavy atom. The summed E-state index contributed by atoms with van der Waals surface area (Å²) in [6, 6.07) is 58.6. The van der Waals surface area contributed by atoms with Crippen LogP contribution in [-0.2, 0) is 0 Å². The summed E-state index contributed by atoms with van der Waals surface area (Å²) in [5, 5.41) is 2.56. The summed E-state index contributed by atoms with van der Waals surface area (Å²) in [6.45, 7) is -0.00691. The lowest BCUT2D eigenvalue weighted by Crippen LogP contribution is -2.61. The molecule has 0 atom stereocenters. The Labute approximate surface area is 301 Å². The molecule has 6 heteroatoms. The molecule has 4 nitrogen and oxygen atoms in total. The molecule has 0 unspecified atom stereocenters. The van der Waals surface area contributed by atoms with Gasteiger partial charge in [0.1, 0.15) is 0 Å². The highest BCUT2D eigenvalue weighted by atomic mass is 15.2. The van der Waals surface area contributed by atoms with Crippen molar-refractivity contribution in [1.29, 1.82) is 0 Å². The summed E-state index contributed by atoms with van der Waals surface area (Å²) >= 11 is 0. The van der Waals surface area contributed by atoms with Gasteiger partial charge in [0.15, 0.2) is 0 Å². The summed E-state index contributed by atoms with van der Waals surface area (Å²) in [5.74, 6) is 0. The molecule has 2 aromatic heterocycles. The lowest BCUT2D eigenvalue weighted by Gasteiger charge is -2.48. The van der Waals surface area contributed by atoms with Crippen LogP contribution in [0.25, 0.3) is 44.1 Å². The van der Waals surface area contributed by atoms with Crippen LogP contribution in [0.3, 0.4) is 0 Å². The monoisotopic (exact) mass is 658 g/mol. The maximum absolute atomic E-state index is 2.57. The molecule has 0 saturated heterocycles. The zero-order valence-electron chi connectivity index (χ0n) is 28.1. The van der Waals surface area contributed by atoms with Crippen molar-refractivity contribution in [2.24, 2.45) is 0 Å². The van der Waals surface area contributed by atoms with Gasteiger partial charge in [-0.2, -0.15) is 0 Å². The van der Waals surface area contributed by atoms with Crippen LogP contribution in [0.5, 0.6) is 0 Å². The normalized spacial score (nSPS) is 14.0. The summed E-state index contributed by atoms with van der Waals surface area (Å²) in [6.07, 6.45) is 4.65. The average molecular weight is 658 g/mol. The second-order valence-electron chi connectivity index (χ2n) is 14.5. The van der Waals surface area contributed by atoms with Crippen LogP contribution in [0.15, 0.2) is 170 Å². The minimum atomic E-state index is -0.00345. The molecular formula is C46H28B2N4. The van der Waals surface area contributed by atoms with Crippen LogP contribution in [-0.4, -0.2) is 22.7 Å². The molecule has 0 radical (unpaired) electrons. The first-order valence-electron chi connectivity index (χ1n) is 18.2. The van der Waals surface area contributed by atoms with Gasteiger partial charge in [0.2, 0.25) is 0 Å². The van der Waals surface area contributed by atoms with Crippen LogP contribution >= 0.6 is 0 Å². The molecule has 0 aliphatic carbocycles. The van der Waals surface area contributed by atoms with Gasteiger partial charge in [0.25, 0.3) is 0 Å². The van der Waals surface area contributed by atoms with Crippen molar-refractivity contribution in [3.05, 3.63) is 170 Å². The summed E-state index contributed by atoms with van der Waals surface area (Å²) in [5.41, 5.74) is 20.6. The van der Waals surface area contributed by atoms with Gasteiger partial charge in [-0.15, -0.1) is 0 Å². The highest BCUT2D eigenvalue weighted by Crippen LogP contribution is 2.54. The van der Waals surface area contributed by atoms with Crippen LogP contribution < -0.4 is 31.7 Å². The van der Waals surface area contributed by atoms with Crippen molar-refractivity contribution in [1.82, 2.24) is 8.96 Å². The van der Waals surface area contributed by atoms with Gasteiger partial charge in [0, 0.05) is 44.9 Å². The lowest BCUT2D eigenvalue weighted by molar-refractivity contribution is 1.19. The SMILES string of the molecule is c1ccc(N2c3ccccc3B3c4c(c5c6c(c42)N(c2ccccc2)c2ccccc2B6n2ccc4cccc-5c42)-c2cccc4ccn3c24)cc1. The molecular weight excluding hydrogens is 630 g/mol. The van der Waals surface area contributed by atoms with Crippen LogP contribution in [0.2, 0.25) is 0 Å². The van der Waals surface area contributed by atoms with E-state index >= 15 is 0 Å². The number of fused-ring (bicyclic) bond motifs is 10. The zero-order chi connectivity index (χ0) is 33.7. The van der Waals surface area contributed by atoms with Crippen molar-refractivity contribution < 1.29 is 0 Å². The summed E-state index contributed by atoms with van der Waals surface area (Å²) < 4.78 is 5.12. The number of hydrogen-bond donors (Lipinski definition) is 0. The van der Waals surface area contributed by atoms with Gasteiger partial charge in [-0.25, -0.2) is 0 Å². The standard InChI is InChI=1S/C46H28B2N4/c1-3-15-31(16-4-1)51-37-23-9-7-21-35(37)47-41-39(33-19-11-13-29-25-27-49(47)43(29)33)40-34-20-12-14-30-26-28-50(44(30)34)48-36-22-8-10-24-38(36)52(32-17-5-2-6-18-32)46(42(40)48)45(41)51/h1-28H. The smallest absolute Gasteiger partial charge is 0.332 e. The molecule has 0 fully saturated rings. The predicted molar refractivity (Wildman–Crippen MR) is 219 cm³/mol. The Morgan fingerprint density at radius 2 is 0.788 bits per heavy atom. The third-order valence-corrected chi connectivity index (χ3v) is 12.1. The molecule has 0 N–H and O–H groups in total. The number of benzene rings is 7. The molecule has 7 aromatic carbocycles. The van der Waals surface area contributed by atoms with E-state index < -0.39 is 0 Å². The quantitative estimate of drug-likeness (QED) is 0.174. The molecule has 238 valence electrons. The molecule has 0 saturated carbocycles. The molecule has 4 aliphatic heterocycles. The van der Waals surface area contributed by atoms with Gasteiger partial charge in [-0.05, 0) is 105 Å². The zero-order valence-corrected chi connectivity index (χ0v) is 28.1. The fourth-order valence-electron chi connectivity index (χ4n) is 10.2. The molecule has 9 aromatic rings. The number of nitrogens with zero attached hydrogens (tertiary/aromatic N) is 4. The third kappa shape index (κ3) is 3.14. The minimum Gasteiger partial charge on any atom is -0.382 e. The van der Waals surface area contributed by atoms with Gasteiger partial charge in [-0.3, -0.25) is 0 Å². The molecule has 0 bridgehead atoms. The summed E-state index contributed by atoms with van der Waals surface area (Å²) in [4.78, 5) is 5.14. The van der Waals surface area contributed by atoms with Crippen molar-refractivity contribution >= 4 is 91.5 Å². The van der Waals surface area contributed by atoms with E-state index in [1.165, 1.54) is 88.7 Å². The molecule has 0 spiro atoms. The van der Waals surface area contributed by atoms with Crippen molar-refractivity contribution in [3.8, 4) is 22.3 Å². The van der Waals surface area contributed by atoms with Crippen molar-refractivity contribution in [3.63, 3.8) is 0 Å². The topological polar surface area (TPSA) is 16.3 Å². The van der Waals surface area contributed by atoms with Gasteiger partial charge in [0.05, 0.1) is 11.4 Å². The second kappa shape index (κ2) is 9.56. The Morgan fingerprint density at radius 1 is 0.365 bits per heavy atom. The van der Waals surface area contributed by atoms with E-state index in [1.54, 1.807) is 0 Å². The number of para-hydroxylation sites is 6. The Hall–Kier alpha value is -6.65. The number of aromatic nitrogens is 2. The molecule has 4 aliphatic rings. The maximum atomic E-state index is 2.57. The Bertz CT molecular complexity index is 2790. The predicted octanol–water partition coefficient (Wildman–Crippen LogP) is 8.43. The van der Waals surface area contributed by atoms with Gasteiger partial charge in [-0.1, -0.05) is 109 Å². The van der Waals surface area contributed by atoms with Crippen LogP contribution in [0.1, 0.15) is 0 Å². The Balaban J connectivity index is 1.33. The molecule has 0 amide bonds. The number of anilines is 6. The van der Waals surface area contributed by atoms with Crippen LogP contribution in [0, 0.1) is 0 Å². The maximum Gasteiger partial charge on any atom is 0.332 e. The molecule has 6 heterocycles. The van der Waals surface area contributed by atoms with E-state index in [-0.39, 0.29) is 13.7 Å². The highest BCUT2D eigenvalue weighted by Gasteiger charge is 2.51. The first-order valence-corrected chi connectivity index (χ1v) is 18.2. The first-order chi connectivity index (χ1) is 25.9. The van der Waals surface area contributed by atoms with Gasteiger partial charge < -0.3 is 18.8 Å². The third-order valence-electron chi connectivity index (χ3n) is 12.1. The van der Waals surface area contributed by atoms with Crippen LogP contribution in [0.4, 0.5) is 34.1 Å². The lowest BCUT2D eigenvalue weighted by atomic mass is 9.40. The fraction of sp³-hybridized carbons (Fsp3) is 0. The Kier molecular flexibility index (Phi) is 4.99. The molecule has 13 rings (SSSR count). The average Bonchev–Trinajstić information content (AvgIpc) is 3.85. The van der Waals surface area contributed by atoms with E-state index in [1.807, 2.05) is 0 Å². The fourth-order valence-corrected chi connectivity index (χ4v) is 10.2. The van der Waals surface area contributed by atoms with Crippen molar-refractivity contribution in [2.45, 2.75) is 0 Å². The van der Waals surface area contributed by atoms with Crippen molar-refractivity contribution in [2.75, 3.05) is 9.80 Å².